The van der Waals surface area contributed by atoms with E-state index in [4.69, 9.17) is 10.5 Å². The molecule has 1 aromatic rings. The highest BCUT2D eigenvalue weighted by Gasteiger charge is 2.23. The van der Waals surface area contributed by atoms with Gasteiger partial charge in [0.2, 0.25) is 0 Å². The summed E-state index contributed by atoms with van der Waals surface area (Å²) < 4.78 is 6.00. The summed E-state index contributed by atoms with van der Waals surface area (Å²) in [7, 11) is 0. The SMILES string of the molecule is CC(C)CNC1CCC(Oc2cccc(N)c2C#N)CC1. The average Bonchev–Trinajstić information content (AvgIpc) is 2.47. The Morgan fingerprint density at radius 2 is 2.05 bits per heavy atom. The third kappa shape index (κ3) is 4.37. The number of nitriles is 1. The number of nitrogens with one attached hydrogen (secondary N) is 1. The van der Waals surface area contributed by atoms with Crippen LogP contribution in [0.5, 0.6) is 5.75 Å². The minimum Gasteiger partial charge on any atom is -0.489 e. The zero-order valence-electron chi connectivity index (χ0n) is 12.9. The molecule has 0 atom stereocenters. The van der Waals surface area contributed by atoms with Gasteiger partial charge >= 0.3 is 0 Å². The second kappa shape index (κ2) is 7.33. The molecule has 0 radical (unpaired) electrons. The summed E-state index contributed by atoms with van der Waals surface area (Å²) in [6.45, 7) is 5.53. The third-order valence-corrected chi connectivity index (χ3v) is 3.95. The van der Waals surface area contributed by atoms with E-state index < -0.39 is 0 Å². The lowest BCUT2D eigenvalue weighted by Gasteiger charge is -2.30. The largest absolute Gasteiger partial charge is 0.489 e. The van der Waals surface area contributed by atoms with Crippen LogP contribution in [0.1, 0.15) is 45.1 Å². The van der Waals surface area contributed by atoms with Gasteiger partial charge in [-0.05, 0) is 50.3 Å². The molecule has 0 saturated heterocycles. The van der Waals surface area contributed by atoms with E-state index in [1.54, 1.807) is 6.07 Å². The number of hydrogen-bond donors (Lipinski definition) is 2. The van der Waals surface area contributed by atoms with Gasteiger partial charge in [-0.15, -0.1) is 0 Å². The first-order valence-corrected chi connectivity index (χ1v) is 7.78. The molecule has 0 aliphatic heterocycles. The number of ether oxygens (including phenoxy) is 1. The number of benzene rings is 1. The molecule has 0 heterocycles. The summed E-state index contributed by atoms with van der Waals surface area (Å²) in [6, 6.07) is 8.13. The van der Waals surface area contributed by atoms with Gasteiger partial charge in [0.25, 0.3) is 0 Å². The number of hydrogen-bond acceptors (Lipinski definition) is 4. The molecule has 0 aromatic heterocycles. The molecule has 114 valence electrons. The molecule has 21 heavy (non-hydrogen) atoms. The Bertz CT molecular complexity index is 499. The van der Waals surface area contributed by atoms with Crippen LogP contribution in [0.2, 0.25) is 0 Å². The predicted octanol–water partition coefficient (Wildman–Crippen LogP) is 3.08. The van der Waals surface area contributed by atoms with Gasteiger partial charge in [0.1, 0.15) is 17.4 Å². The van der Waals surface area contributed by atoms with E-state index in [1.807, 2.05) is 12.1 Å². The number of rotatable bonds is 5. The molecule has 1 aliphatic carbocycles. The van der Waals surface area contributed by atoms with Gasteiger partial charge in [0, 0.05) is 6.04 Å². The average molecular weight is 287 g/mol. The second-order valence-corrected chi connectivity index (χ2v) is 6.23. The quantitative estimate of drug-likeness (QED) is 0.816. The zero-order valence-corrected chi connectivity index (χ0v) is 12.9. The Morgan fingerprint density at radius 1 is 1.33 bits per heavy atom. The summed E-state index contributed by atoms with van der Waals surface area (Å²) in [4.78, 5) is 0. The van der Waals surface area contributed by atoms with Crippen LogP contribution in [0.4, 0.5) is 5.69 Å². The van der Waals surface area contributed by atoms with E-state index >= 15 is 0 Å². The summed E-state index contributed by atoms with van der Waals surface area (Å²) in [5.41, 5.74) is 6.76. The van der Waals surface area contributed by atoms with Crippen LogP contribution < -0.4 is 15.8 Å². The summed E-state index contributed by atoms with van der Waals surface area (Å²) in [5, 5.41) is 12.8. The Morgan fingerprint density at radius 3 is 2.67 bits per heavy atom. The van der Waals surface area contributed by atoms with Crippen LogP contribution in [-0.4, -0.2) is 18.7 Å². The van der Waals surface area contributed by atoms with E-state index in [-0.39, 0.29) is 6.10 Å². The van der Waals surface area contributed by atoms with Crippen molar-refractivity contribution in [2.24, 2.45) is 5.92 Å². The minimum atomic E-state index is 0.191. The van der Waals surface area contributed by atoms with Gasteiger partial charge in [-0.1, -0.05) is 19.9 Å². The van der Waals surface area contributed by atoms with Crippen molar-refractivity contribution in [3.63, 3.8) is 0 Å². The van der Waals surface area contributed by atoms with Crippen molar-refractivity contribution in [2.45, 2.75) is 51.7 Å². The van der Waals surface area contributed by atoms with Crippen LogP contribution in [-0.2, 0) is 0 Å². The predicted molar refractivity (Wildman–Crippen MR) is 85.1 cm³/mol. The highest BCUT2D eigenvalue weighted by molar-refractivity contribution is 5.60. The lowest BCUT2D eigenvalue weighted by atomic mass is 9.92. The van der Waals surface area contributed by atoms with Crippen molar-refractivity contribution in [3.05, 3.63) is 23.8 Å². The summed E-state index contributed by atoms with van der Waals surface area (Å²) in [6.07, 6.45) is 4.49. The van der Waals surface area contributed by atoms with Gasteiger partial charge in [0.05, 0.1) is 11.8 Å². The van der Waals surface area contributed by atoms with Crippen molar-refractivity contribution < 1.29 is 4.74 Å². The van der Waals surface area contributed by atoms with E-state index in [0.717, 1.165) is 32.2 Å². The van der Waals surface area contributed by atoms with E-state index in [9.17, 15) is 5.26 Å². The van der Waals surface area contributed by atoms with Crippen LogP contribution >= 0.6 is 0 Å². The molecule has 2 rings (SSSR count). The number of nitrogens with zero attached hydrogens (tertiary/aromatic N) is 1. The molecule has 4 heteroatoms. The van der Waals surface area contributed by atoms with Crippen LogP contribution in [0, 0.1) is 17.2 Å². The maximum Gasteiger partial charge on any atom is 0.139 e. The molecule has 3 N–H and O–H groups in total. The van der Waals surface area contributed by atoms with Gasteiger partial charge < -0.3 is 15.8 Å². The van der Waals surface area contributed by atoms with Gasteiger partial charge in [-0.25, -0.2) is 0 Å². The van der Waals surface area contributed by atoms with Crippen LogP contribution in [0.15, 0.2) is 18.2 Å². The summed E-state index contributed by atoms with van der Waals surface area (Å²) in [5.74, 6) is 1.31. The molecule has 0 unspecified atom stereocenters. The number of anilines is 1. The molecular weight excluding hydrogens is 262 g/mol. The lowest BCUT2D eigenvalue weighted by molar-refractivity contribution is 0.138. The first kappa shape index (κ1) is 15.7. The third-order valence-electron chi connectivity index (χ3n) is 3.95. The standard InChI is InChI=1S/C17H25N3O/c1-12(2)11-20-13-6-8-14(9-7-13)21-17-5-3-4-16(19)15(17)10-18/h3-5,12-14,20H,6-9,11,19H2,1-2H3. The van der Waals surface area contributed by atoms with E-state index in [2.05, 4.69) is 25.2 Å². The monoisotopic (exact) mass is 287 g/mol. The van der Waals surface area contributed by atoms with Crippen LogP contribution in [0.25, 0.3) is 0 Å². The molecule has 1 fully saturated rings. The molecule has 0 spiro atoms. The fourth-order valence-electron chi connectivity index (χ4n) is 2.73. The van der Waals surface area contributed by atoms with Crippen molar-refractivity contribution in [2.75, 3.05) is 12.3 Å². The fourth-order valence-corrected chi connectivity index (χ4v) is 2.73. The van der Waals surface area contributed by atoms with Crippen molar-refractivity contribution in [3.8, 4) is 11.8 Å². The Hall–Kier alpha value is -1.73. The Kier molecular flexibility index (Phi) is 5.46. The van der Waals surface area contributed by atoms with Gasteiger partial charge in [-0.3, -0.25) is 0 Å². The molecule has 1 aromatic carbocycles. The molecule has 4 nitrogen and oxygen atoms in total. The van der Waals surface area contributed by atoms with E-state index in [1.165, 1.54) is 0 Å². The lowest BCUT2D eigenvalue weighted by Crippen LogP contribution is -2.38. The first-order chi connectivity index (χ1) is 10.1. The molecule has 1 saturated carbocycles. The zero-order chi connectivity index (χ0) is 15.2. The fraction of sp³-hybridized carbons (Fsp3) is 0.588. The molecular formula is C17H25N3O. The van der Waals surface area contributed by atoms with Gasteiger partial charge in [-0.2, -0.15) is 5.26 Å². The van der Waals surface area contributed by atoms with Crippen molar-refractivity contribution in [1.29, 1.82) is 5.26 Å². The molecule has 0 amide bonds. The van der Waals surface area contributed by atoms with E-state index in [0.29, 0.717) is 29.0 Å². The highest BCUT2D eigenvalue weighted by atomic mass is 16.5. The highest BCUT2D eigenvalue weighted by Crippen LogP contribution is 2.28. The Labute approximate surface area is 127 Å². The van der Waals surface area contributed by atoms with Crippen LogP contribution in [0.3, 0.4) is 0 Å². The van der Waals surface area contributed by atoms with Crippen molar-refractivity contribution in [1.82, 2.24) is 5.32 Å². The normalized spacial score (nSPS) is 22.0. The summed E-state index contributed by atoms with van der Waals surface area (Å²) >= 11 is 0. The molecule has 0 bridgehead atoms. The smallest absolute Gasteiger partial charge is 0.139 e. The topological polar surface area (TPSA) is 71.1 Å². The second-order valence-electron chi connectivity index (χ2n) is 6.23. The van der Waals surface area contributed by atoms with Crippen molar-refractivity contribution >= 4 is 5.69 Å². The number of nitrogens with two attached hydrogens (primary N) is 1. The minimum absolute atomic E-state index is 0.191. The maximum absolute atomic E-state index is 9.17. The first-order valence-electron chi connectivity index (χ1n) is 7.78. The Balaban J connectivity index is 1.87. The maximum atomic E-state index is 9.17. The number of nitrogen functional groups attached to an aromatic ring is 1. The van der Waals surface area contributed by atoms with Gasteiger partial charge in [0.15, 0.2) is 0 Å². The molecule has 1 aliphatic rings.